The number of amides is 1. The van der Waals surface area contributed by atoms with E-state index in [-0.39, 0.29) is 12.1 Å². The molecule has 1 aromatic carbocycles. The molecular formula is C21H23N3O2. The topological polar surface area (TPSA) is 58.2 Å². The molecule has 0 saturated heterocycles. The lowest BCUT2D eigenvalue weighted by atomic mass is 9.88. The maximum Gasteiger partial charge on any atom is 0.411 e. The molecule has 0 radical (unpaired) electrons. The summed E-state index contributed by atoms with van der Waals surface area (Å²) < 4.78 is 5.69. The lowest BCUT2D eigenvalue weighted by Gasteiger charge is -2.38. The Morgan fingerprint density at radius 2 is 2.00 bits per heavy atom. The average Bonchev–Trinajstić information content (AvgIpc) is 3.03. The Morgan fingerprint density at radius 3 is 2.81 bits per heavy atom. The number of fused-ring (bicyclic) bond motifs is 2. The van der Waals surface area contributed by atoms with Gasteiger partial charge in [0.25, 0.3) is 0 Å². The van der Waals surface area contributed by atoms with Gasteiger partial charge < -0.3 is 9.72 Å². The molecule has 134 valence electrons. The second kappa shape index (κ2) is 6.16. The van der Waals surface area contributed by atoms with Gasteiger partial charge >= 0.3 is 6.09 Å². The summed E-state index contributed by atoms with van der Waals surface area (Å²) >= 11 is 0. The molecule has 1 unspecified atom stereocenters. The summed E-state index contributed by atoms with van der Waals surface area (Å²) in [7, 11) is 0. The summed E-state index contributed by atoms with van der Waals surface area (Å²) in [5.41, 5.74) is 3.77. The fourth-order valence-electron chi connectivity index (χ4n) is 3.62. The lowest BCUT2D eigenvalue weighted by molar-refractivity contribution is 0.0179. The fourth-order valence-corrected chi connectivity index (χ4v) is 3.62. The zero-order valence-corrected chi connectivity index (χ0v) is 15.3. The van der Waals surface area contributed by atoms with Gasteiger partial charge in [-0.05, 0) is 50.5 Å². The van der Waals surface area contributed by atoms with Crippen LogP contribution in [0, 0.1) is 0 Å². The highest BCUT2D eigenvalue weighted by Crippen LogP contribution is 2.38. The Labute approximate surface area is 153 Å². The van der Waals surface area contributed by atoms with Gasteiger partial charge in [-0.1, -0.05) is 24.3 Å². The molecule has 0 bridgehead atoms. The van der Waals surface area contributed by atoms with Crippen molar-refractivity contribution in [2.45, 2.75) is 38.8 Å². The summed E-state index contributed by atoms with van der Waals surface area (Å²) in [6.45, 7) is 6.32. The largest absolute Gasteiger partial charge is 0.444 e. The summed E-state index contributed by atoms with van der Waals surface area (Å²) in [4.78, 5) is 22.4. The molecule has 1 atom stereocenters. The molecule has 5 nitrogen and oxygen atoms in total. The number of carbonyl (C=O) groups excluding carboxylic acids is 1. The third kappa shape index (κ3) is 2.94. The molecule has 0 spiro atoms. The molecule has 1 aliphatic heterocycles. The number of aromatic amines is 1. The number of rotatable bonds is 1. The minimum absolute atomic E-state index is 0.187. The van der Waals surface area contributed by atoms with Gasteiger partial charge in [0.15, 0.2) is 0 Å². The minimum Gasteiger partial charge on any atom is -0.444 e. The molecule has 0 fully saturated rings. The number of H-pyrrole nitrogens is 1. The number of ether oxygens (including phenoxy) is 1. The SMILES string of the molecule is CC(C)(C)OC(=O)N1CCc2ccccc2C1c1c[nH]c2ncccc12. The van der Waals surface area contributed by atoms with E-state index < -0.39 is 5.60 Å². The Balaban J connectivity index is 1.84. The predicted octanol–water partition coefficient (Wildman–Crippen LogP) is 4.45. The molecule has 0 saturated carbocycles. The van der Waals surface area contributed by atoms with Gasteiger partial charge in [-0.25, -0.2) is 9.78 Å². The fraction of sp³-hybridized carbons (Fsp3) is 0.333. The van der Waals surface area contributed by atoms with Crippen LogP contribution in [0.4, 0.5) is 4.79 Å². The van der Waals surface area contributed by atoms with Crippen LogP contribution in [0.5, 0.6) is 0 Å². The van der Waals surface area contributed by atoms with E-state index >= 15 is 0 Å². The second-order valence-corrected chi connectivity index (χ2v) is 7.67. The van der Waals surface area contributed by atoms with E-state index in [2.05, 4.69) is 28.2 Å². The molecule has 1 aliphatic rings. The van der Waals surface area contributed by atoms with Crippen molar-refractivity contribution in [3.05, 3.63) is 65.5 Å². The number of benzene rings is 1. The van der Waals surface area contributed by atoms with Gasteiger partial charge in [0, 0.05) is 29.9 Å². The quantitative estimate of drug-likeness (QED) is 0.706. The molecule has 0 aliphatic carbocycles. The molecule has 1 N–H and O–H groups in total. The summed E-state index contributed by atoms with van der Waals surface area (Å²) in [5, 5.41) is 1.03. The van der Waals surface area contributed by atoms with Crippen LogP contribution >= 0.6 is 0 Å². The second-order valence-electron chi connectivity index (χ2n) is 7.67. The lowest BCUT2D eigenvalue weighted by Crippen LogP contribution is -2.43. The van der Waals surface area contributed by atoms with Crippen molar-refractivity contribution >= 4 is 17.1 Å². The van der Waals surface area contributed by atoms with Crippen molar-refractivity contribution in [1.29, 1.82) is 0 Å². The number of pyridine rings is 1. The van der Waals surface area contributed by atoms with E-state index in [1.165, 1.54) is 5.56 Å². The van der Waals surface area contributed by atoms with Gasteiger partial charge in [-0.3, -0.25) is 4.90 Å². The van der Waals surface area contributed by atoms with Crippen molar-refractivity contribution < 1.29 is 9.53 Å². The Hall–Kier alpha value is -2.82. The van der Waals surface area contributed by atoms with Gasteiger partial charge in [0.2, 0.25) is 0 Å². The number of nitrogens with one attached hydrogen (secondary N) is 1. The number of nitrogens with zero attached hydrogens (tertiary/aromatic N) is 2. The standard InChI is InChI=1S/C21H23N3O2/c1-21(2,3)26-20(25)24-12-10-14-7-4-5-8-15(14)18(24)17-13-23-19-16(17)9-6-11-22-19/h4-9,11,13,18H,10,12H2,1-3H3,(H,22,23). The van der Waals surface area contributed by atoms with Crippen molar-refractivity contribution in [3.8, 4) is 0 Å². The van der Waals surface area contributed by atoms with E-state index in [1.54, 1.807) is 6.20 Å². The third-order valence-corrected chi connectivity index (χ3v) is 4.69. The number of aromatic nitrogens is 2. The highest BCUT2D eigenvalue weighted by molar-refractivity contribution is 5.82. The third-order valence-electron chi connectivity index (χ3n) is 4.69. The summed E-state index contributed by atoms with van der Waals surface area (Å²) in [6.07, 6.45) is 4.27. The Kier molecular flexibility index (Phi) is 3.94. The highest BCUT2D eigenvalue weighted by Gasteiger charge is 2.35. The van der Waals surface area contributed by atoms with Crippen molar-refractivity contribution in [3.63, 3.8) is 0 Å². The molecule has 4 rings (SSSR count). The van der Waals surface area contributed by atoms with E-state index in [0.29, 0.717) is 6.54 Å². The molecule has 2 aromatic heterocycles. The first kappa shape index (κ1) is 16.6. The number of hydrogen-bond acceptors (Lipinski definition) is 3. The summed E-state index contributed by atoms with van der Waals surface area (Å²) in [6, 6.07) is 12.1. The van der Waals surface area contributed by atoms with E-state index in [9.17, 15) is 4.79 Å². The first-order chi connectivity index (χ1) is 12.4. The van der Waals surface area contributed by atoms with E-state index in [1.807, 2.05) is 50.1 Å². The maximum atomic E-state index is 12.9. The normalized spacial score (nSPS) is 17.2. The highest BCUT2D eigenvalue weighted by atomic mass is 16.6. The number of hydrogen-bond donors (Lipinski definition) is 1. The van der Waals surface area contributed by atoms with Crippen LogP contribution in [0.3, 0.4) is 0 Å². The maximum absolute atomic E-state index is 12.9. The van der Waals surface area contributed by atoms with E-state index in [0.717, 1.165) is 28.6 Å². The first-order valence-corrected chi connectivity index (χ1v) is 8.93. The Bertz CT molecular complexity index is 955. The van der Waals surface area contributed by atoms with Crippen LogP contribution in [0.1, 0.15) is 43.5 Å². The smallest absolute Gasteiger partial charge is 0.411 e. The van der Waals surface area contributed by atoms with Crippen LogP contribution in [-0.4, -0.2) is 33.1 Å². The predicted molar refractivity (Wildman–Crippen MR) is 101 cm³/mol. The summed E-state index contributed by atoms with van der Waals surface area (Å²) in [5.74, 6) is 0. The minimum atomic E-state index is -0.527. The molecule has 26 heavy (non-hydrogen) atoms. The van der Waals surface area contributed by atoms with Crippen molar-refractivity contribution in [1.82, 2.24) is 14.9 Å². The van der Waals surface area contributed by atoms with Gasteiger partial charge in [0.05, 0.1) is 6.04 Å². The zero-order chi connectivity index (χ0) is 18.3. The molecule has 3 heterocycles. The van der Waals surface area contributed by atoms with Crippen LogP contribution < -0.4 is 0 Å². The van der Waals surface area contributed by atoms with E-state index in [4.69, 9.17) is 4.74 Å². The average molecular weight is 349 g/mol. The van der Waals surface area contributed by atoms with Crippen LogP contribution in [0.25, 0.3) is 11.0 Å². The van der Waals surface area contributed by atoms with Gasteiger partial charge in [-0.15, -0.1) is 0 Å². The van der Waals surface area contributed by atoms with Gasteiger partial charge in [-0.2, -0.15) is 0 Å². The first-order valence-electron chi connectivity index (χ1n) is 8.93. The Morgan fingerprint density at radius 1 is 1.19 bits per heavy atom. The molecular weight excluding hydrogens is 326 g/mol. The van der Waals surface area contributed by atoms with Crippen molar-refractivity contribution in [2.24, 2.45) is 0 Å². The van der Waals surface area contributed by atoms with Crippen molar-refractivity contribution in [2.75, 3.05) is 6.54 Å². The van der Waals surface area contributed by atoms with Gasteiger partial charge in [0.1, 0.15) is 11.2 Å². The molecule has 5 heteroatoms. The van der Waals surface area contributed by atoms with Crippen LogP contribution in [-0.2, 0) is 11.2 Å². The number of carbonyl (C=O) groups is 1. The molecule has 1 amide bonds. The monoisotopic (exact) mass is 349 g/mol. The zero-order valence-electron chi connectivity index (χ0n) is 15.3. The van der Waals surface area contributed by atoms with Crippen LogP contribution in [0.15, 0.2) is 48.8 Å². The van der Waals surface area contributed by atoms with Crippen LogP contribution in [0.2, 0.25) is 0 Å². The molecule has 3 aromatic rings.